The summed E-state index contributed by atoms with van der Waals surface area (Å²) in [5, 5.41) is 15.7. The summed E-state index contributed by atoms with van der Waals surface area (Å²) in [7, 11) is 1.56. The Morgan fingerprint density at radius 2 is 1.94 bits per heavy atom. The van der Waals surface area contributed by atoms with Crippen LogP contribution in [0.5, 0.6) is 11.5 Å². The average Bonchev–Trinajstić information content (AvgIpc) is 3.21. The number of nitrogens with zero attached hydrogens (tertiary/aromatic N) is 3. The van der Waals surface area contributed by atoms with Gasteiger partial charge in [-0.25, -0.2) is 4.98 Å². The van der Waals surface area contributed by atoms with E-state index in [1.807, 2.05) is 36.4 Å². The zero-order chi connectivity index (χ0) is 21.6. The summed E-state index contributed by atoms with van der Waals surface area (Å²) in [6, 6.07) is 19.6. The van der Waals surface area contributed by atoms with Gasteiger partial charge in [-0.05, 0) is 53.6 Å². The molecule has 3 aromatic carbocycles. The molecule has 0 fully saturated rings. The van der Waals surface area contributed by atoms with Crippen LogP contribution in [0.1, 0.15) is 11.1 Å². The van der Waals surface area contributed by atoms with Crippen LogP contribution in [0.2, 0.25) is 0 Å². The van der Waals surface area contributed by atoms with Crippen molar-refractivity contribution in [1.29, 1.82) is 0 Å². The molecule has 8 nitrogen and oxygen atoms in total. The number of benzene rings is 3. The first-order chi connectivity index (χ1) is 15.1. The molecule has 0 aliphatic rings. The van der Waals surface area contributed by atoms with E-state index >= 15 is 0 Å². The van der Waals surface area contributed by atoms with Crippen molar-refractivity contribution in [1.82, 2.24) is 4.98 Å². The molecule has 1 heterocycles. The Labute approximate surface area is 181 Å². The summed E-state index contributed by atoms with van der Waals surface area (Å²) >= 11 is 1.53. The van der Waals surface area contributed by atoms with E-state index < -0.39 is 4.92 Å². The fourth-order valence-electron chi connectivity index (χ4n) is 2.84. The Balaban J connectivity index is 1.39. The number of ether oxygens (including phenoxy) is 2. The molecule has 4 rings (SSSR count). The molecule has 0 atom stereocenters. The number of methoxy groups -OCH3 is 1. The zero-order valence-electron chi connectivity index (χ0n) is 16.5. The third kappa shape index (κ3) is 4.96. The molecule has 1 N–H and O–H groups in total. The minimum atomic E-state index is -0.431. The van der Waals surface area contributed by atoms with Gasteiger partial charge < -0.3 is 9.47 Å². The molecule has 0 radical (unpaired) electrons. The second kappa shape index (κ2) is 9.23. The summed E-state index contributed by atoms with van der Waals surface area (Å²) in [6.45, 7) is 0.265. The van der Waals surface area contributed by atoms with Crippen LogP contribution in [0.25, 0.3) is 10.2 Å². The van der Waals surface area contributed by atoms with E-state index in [1.54, 1.807) is 31.5 Å². The average molecular weight is 434 g/mol. The van der Waals surface area contributed by atoms with Gasteiger partial charge in [0.1, 0.15) is 6.61 Å². The lowest BCUT2D eigenvalue weighted by atomic mass is 10.2. The maximum Gasteiger partial charge on any atom is 0.269 e. The maximum absolute atomic E-state index is 10.7. The van der Waals surface area contributed by atoms with Crippen molar-refractivity contribution in [2.24, 2.45) is 5.10 Å². The highest BCUT2D eigenvalue weighted by atomic mass is 32.1. The van der Waals surface area contributed by atoms with Crippen LogP contribution in [-0.2, 0) is 6.61 Å². The Morgan fingerprint density at radius 1 is 1.13 bits per heavy atom. The number of hydrogen-bond acceptors (Lipinski definition) is 8. The highest BCUT2D eigenvalue weighted by Crippen LogP contribution is 2.29. The number of para-hydroxylation sites is 1. The topological polar surface area (TPSA) is 98.9 Å². The second-order valence-corrected chi connectivity index (χ2v) is 7.51. The number of thiazole rings is 1. The van der Waals surface area contributed by atoms with Gasteiger partial charge in [0, 0.05) is 12.1 Å². The normalized spacial score (nSPS) is 11.0. The molecule has 0 saturated heterocycles. The molecule has 9 heteroatoms. The molecule has 0 spiro atoms. The summed E-state index contributed by atoms with van der Waals surface area (Å²) in [4.78, 5) is 14.8. The number of nitro benzene ring substituents is 1. The van der Waals surface area contributed by atoms with E-state index in [9.17, 15) is 10.1 Å². The first-order valence-electron chi connectivity index (χ1n) is 9.31. The third-order valence-corrected chi connectivity index (χ3v) is 5.34. The summed E-state index contributed by atoms with van der Waals surface area (Å²) in [5.41, 5.74) is 5.57. The third-order valence-electron chi connectivity index (χ3n) is 4.40. The van der Waals surface area contributed by atoms with E-state index in [2.05, 4.69) is 15.5 Å². The van der Waals surface area contributed by atoms with Gasteiger partial charge in [0.15, 0.2) is 11.5 Å². The molecular formula is C22H18N4O4S. The number of nitro groups is 1. The molecule has 4 aromatic rings. The van der Waals surface area contributed by atoms with E-state index in [4.69, 9.17) is 9.47 Å². The van der Waals surface area contributed by atoms with Crippen LogP contribution >= 0.6 is 11.3 Å². The summed E-state index contributed by atoms with van der Waals surface area (Å²) < 4.78 is 12.3. The van der Waals surface area contributed by atoms with Crippen molar-refractivity contribution in [3.05, 3.63) is 88.0 Å². The number of non-ortho nitro benzene ring substituents is 1. The maximum atomic E-state index is 10.7. The Morgan fingerprint density at radius 3 is 2.68 bits per heavy atom. The molecule has 1 aromatic heterocycles. The highest BCUT2D eigenvalue weighted by Gasteiger charge is 2.08. The van der Waals surface area contributed by atoms with E-state index in [0.717, 1.165) is 21.3 Å². The van der Waals surface area contributed by atoms with Crippen LogP contribution < -0.4 is 14.9 Å². The zero-order valence-corrected chi connectivity index (χ0v) is 17.3. The van der Waals surface area contributed by atoms with E-state index in [1.165, 1.54) is 23.5 Å². The molecular weight excluding hydrogens is 416 g/mol. The van der Waals surface area contributed by atoms with Gasteiger partial charge in [-0.1, -0.05) is 23.5 Å². The smallest absolute Gasteiger partial charge is 0.269 e. The fraction of sp³-hybridized carbons (Fsp3) is 0.0909. The van der Waals surface area contributed by atoms with Gasteiger partial charge in [0.2, 0.25) is 5.13 Å². The SMILES string of the molecule is COc1cc(C=NNc2nc3ccccc3s2)ccc1OCc1ccc([N+](=O)[O-])cc1. The number of nitrogens with one attached hydrogen (secondary N) is 1. The molecule has 0 aliphatic heterocycles. The van der Waals surface area contributed by atoms with E-state index in [0.29, 0.717) is 16.6 Å². The van der Waals surface area contributed by atoms with Crippen molar-refractivity contribution in [2.75, 3.05) is 12.5 Å². The number of hydrogen-bond donors (Lipinski definition) is 1. The van der Waals surface area contributed by atoms with Crippen LogP contribution in [-0.4, -0.2) is 23.2 Å². The number of aromatic nitrogens is 1. The summed E-state index contributed by atoms with van der Waals surface area (Å²) in [6.07, 6.45) is 1.68. The summed E-state index contributed by atoms with van der Waals surface area (Å²) in [5.74, 6) is 1.13. The quantitative estimate of drug-likeness (QED) is 0.231. The Bertz CT molecular complexity index is 1200. The van der Waals surface area contributed by atoms with Crippen molar-refractivity contribution >= 4 is 38.6 Å². The van der Waals surface area contributed by atoms with E-state index in [-0.39, 0.29) is 12.3 Å². The van der Waals surface area contributed by atoms with Crippen LogP contribution in [0.15, 0.2) is 71.8 Å². The van der Waals surface area contributed by atoms with Gasteiger partial charge in [-0.2, -0.15) is 5.10 Å². The molecule has 156 valence electrons. The Kier molecular flexibility index (Phi) is 6.04. The molecule has 0 unspecified atom stereocenters. The first kappa shape index (κ1) is 20.3. The number of rotatable bonds is 8. The lowest BCUT2D eigenvalue weighted by Crippen LogP contribution is -1.99. The van der Waals surface area contributed by atoms with Crippen LogP contribution in [0.4, 0.5) is 10.8 Å². The highest BCUT2D eigenvalue weighted by molar-refractivity contribution is 7.22. The van der Waals surface area contributed by atoms with Gasteiger partial charge in [-0.15, -0.1) is 0 Å². The van der Waals surface area contributed by atoms with Gasteiger partial charge in [0.25, 0.3) is 5.69 Å². The molecule has 0 amide bonds. The predicted octanol–water partition coefficient (Wildman–Crippen LogP) is 5.24. The predicted molar refractivity (Wildman–Crippen MR) is 121 cm³/mol. The largest absolute Gasteiger partial charge is 0.493 e. The fourth-order valence-corrected chi connectivity index (χ4v) is 3.66. The number of hydrazone groups is 1. The van der Waals surface area contributed by atoms with Crippen molar-refractivity contribution in [3.63, 3.8) is 0 Å². The first-order valence-corrected chi connectivity index (χ1v) is 10.1. The molecule has 0 bridgehead atoms. The lowest BCUT2D eigenvalue weighted by Gasteiger charge is -2.11. The van der Waals surface area contributed by atoms with Crippen molar-refractivity contribution < 1.29 is 14.4 Å². The Hall–Kier alpha value is -3.98. The van der Waals surface area contributed by atoms with Gasteiger partial charge in [-0.3, -0.25) is 15.5 Å². The van der Waals surface area contributed by atoms with Crippen LogP contribution in [0, 0.1) is 10.1 Å². The molecule has 0 saturated carbocycles. The van der Waals surface area contributed by atoms with Crippen molar-refractivity contribution in [3.8, 4) is 11.5 Å². The minimum absolute atomic E-state index is 0.0458. The second-order valence-electron chi connectivity index (χ2n) is 6.48. The monoisotopic (exact) mass is 434 g/mol. The van der Waals surface area contributed by atoms with Crippen molar-refractivity contribution in [2.45, 2.75) is 6.61 Å². The lowest BCUT2D eigenvalue weighted by molar-refractivity contribution is -0.384. The minimum Gasteiger partial charge on any atom is -0.493 e. The number of anilines is 1. The molecule has 0 aliphatic carbocycles. The van der Waals surface area contributed by atoms with Gasteiger partial charge >= 0.3 is 0 Å². The standard InChI is InChI=1S/C22H18N4O4S/c1-29-20-12-16(13-23-25-22-24-18-4-2-3-5-21(18)31-22)8-11-19(20)30-14-15-6-9-17(10-7-15)26(27)28/h2-13H,14H2,1H3,(H,24,25). The van der Waals surface area contributed by atoms with Crippen LogP contribution in [0.3, 0.4) is 0 Å². The van der Waals surface area contributed by atoms with Gasteiger partial charge in [0.05, 0.1) is 28.5 Å². The number of fused-ring (bicyclic) bond motifs is 1. The molecule has 31 heavy (non-hydrogen) atoms.